The van der Waals surface area contributed by atoms with Gasteiger partial charge in [0, 0.05) is 29.4 Å². The standard InChI is InChI=1S/C15H18N/c1-3-14-11(2)10-13-7-4-6-12-8-5-9-16(14)15(12)13/h4,6-7,10H,3,5,8-9H2,1-2H3/q+1. The second kappa shape index (κ2) is 3.58. The lowest BCUT2D eigenvalue weighted by Gasteiger charge is -2.15. The fourth-order valence-electron chi connectivity index (χ4n) is 3.07. The van der Waals surface area contributed by atoms with E-state index in [2.05, 4.69) is 42.7 Å². The lowest BCUT2D eigenvalue weighted by Crippen LogP contribution is -2.43. The first-order chi connectivity index (χ1) is 7.81. The van der Waals surface area contributed by atoms with E-state index in [1.54, 1.807) is 0 Å². The van der Waals surface area contributed by atoms with Gasteiger partial charge in [0.2, 0.25) is 5.52 Å². The van der Waals surface area contributed by atoms with Crippen LogP contribution in [0.5, 0.6) is 0 Å². The zero-order valence-electron chi connectivity index (χ0n) is 10.1. The van der Waals surface area contributed by atoms with Gasteiger partial charge in [0.05, 0.1) is 0 Å². The van der Waals surface area contributed by atoms with Gasteiger partial charge in [0.15, 0.2) is 5.69 Å². The summed E-state index contributed by atoms with van der Waals surface area (Å²) in [6.07, 6.45) is 3.66. The van der Waals surface area contributed by atoms with Crippen molar-refractivity contribution in [2.75, 3.05) is 0 Å². The molecule has 0 amide bonds. The molecule has 0 atom stereocenters. The molecule has 0 saturated heterocycles. The number of hydrogen-bond donors (Lipinski definition) is 0. The minimum Gasteiger partial charge on any atom is -0.195 e. The van der Waals surface area contributed by atoms with E-state index in [1.165, 1.54) is 47.1 Å². The molecule has 1 nitrogen and oxygen atoms in total. The van der Waals surface area contributed by atoms with Crippen LogP contribution in [-0.4, -0.2) is 0 Å². The third kappa shape index (κ3) is 1.27. The fourth-order valence-corrected chi connectivity index (χ4v) is 3.07. The van der Waals surface area contributed by atoms with Crippen molar-refractivity contribution in [2.45, 2.75) is 39.7 Å². The van der Waals surface area contributed by atoms with Crippen LogP contribution >= 0.6 is 0 Å². The summed E-state index contributed by atoms with van der Waals surface area (Å²) in [4.78, 5) is 0. The van der Waals surface area contributed by atoms with E-state index in [0.29, 0.717) is 0 Å². The molecule has 0 bridgehead atoms. The molecule has 0 unspecified atom stereocenters. The molecular weight excluding hydrogens is 194 g/mol. The van der Waals surface area contributed by atoms with Crippen molar-refractivity contribution in [1.82, 2.24) is 0 Å². The maximum absolute atomic E-state index is 2.55. The monoisotopic (exact) mass is 212 g/mol. The van der Waals surface area contributed by atoms with Crippen LogP contribution in [0.2, 0.25) is 0 Å². The van der Waals surface area contributed by atoms with Gasteiger partial charge in [-0.1, -0.05) is 19.1 Å². The molecule has 1 aromatic carbocycles. The van der Waals surface area contributed by atoms with Crippen LogP contribution < -0.4 is 4.57 Å². The number of para-hydroxylation sites is 1. The van der Waals surface area contributed by atoms with Crippen LogP contribution in [0.3, 0.4) is 0 Å². The van der Waals surface area contributed by atoms with Crippen LogP contribution in [0, 0.1) is 6.92 Å². The Bertz CT molecular complexity index is 555. The van der Waals surface area contributed by atoms with Gasteiger partial charge in [-0.2, -0.15) is 4.57 Å². The zero-order chi connectivity index (χ0) is 11.1. The summed E-state index contributed by atoms with van der Waals surface area (Å²) in [6, 6.07) is 9.07. The minimum absolute atomic E-state index is 1.14. The first-order valence-electron chi connectivity index (χ1n) is 6.25. The molecule has 3 rings (SSSR count). The summed E-state index contributed by atoms with van der Waals surface area (Å²) in [5.74, 6) is 0. The second-order valence-corrected chi connectivity index (χ2v) is 4.74. The lowest BCUT2D eigenvalue weighted by atomic mass is 9.98. The molecule has 0 fully saturated rings. The average Bonchev–Trinajstić information content (AvgIpc) is 2.30. The van der Waals surface area contributed by atoms with Gasteiger partial charge < -0.3 is 0 Å². The van der Waals surface area contributed by atoms with Crippen LogP contribution in [0.1, 0.15) is 30.2 Å². The maximum atomic E-state index is 2.55. The molecule has 16 heavy (non-hydrogen) atoms. The Labute approximate surface area is 96.7 Å². The Hall–Kier alpha value is -1.37. The number of aromatic nitrogens is 1. The normalized spacial score (nSPS) is 14.4. The van der Waals surface area contributed by atoms with Gasteiger partial charge in [-0.3, -0.25) is 0 Å². The fraction of sp³-hybridized carbons (Fsp3) is 0.400. The zero-order valence-corrected chi connectivity index (χ0v) is 10.1. The molecule has 0 radical (unpaired) electrons. The molecule has 0 spiro atoms. The maximum Gasteiger partial charge on any atom is 0.215 e. The number of rotatable bonds is 1. The molecule has 2 heterocycles. The van der Waals surface area contributed by atoms with E-state index in [0.717, 1.165) is 6.42 Å². The summed E-state index contributed by atoms with van der Waals surface area (Å²) in [7, 11) is 0. The lowest BCUT2D eigenvalue weighted by molar-refractivity contribution is -0.682. The molecule has 1 aliphatic heterocycles. The van der Waals surface area contributed by atoms with Crippen LogP contribution in [0.4, 0.5) is 0 Å². The van der Waals surface area contributed by atoms with Crippen molar-refractivity contribution in [3.8, 4) is 0 Å². The Morgan fingerprint density at radius 2 is 2.19 bits per heavy atom. The van der Waals surface area contributed by atoms with Crippen molar-refractivity contribution < 1.29 is 4.57 Å². The third-order valence-electron chi connectivity index (χ3n) is 3.74. The Kier molecular flexibility index (Phi) is 2.20. The van der Waals surface area contributed by atoms with E-state index in [1.807, 2.05) is 0 Å². The van der Waals surface area contributed by atoms with Crippen molar-refractivity contribution in [3.63, 3.8) is 0 Å². The SMILES string of the molecule is CCc1c(C)cc2cccc3c2[n+]1CCC3. The van der Waals surface area contributed by atoms with E-state index >= 15 is 0 Å². The van der Waals surface area contributed by atoms with Crippen LogP contribution in [0.15, 0.2) is 24.3 Å². The molecule has 0 saturated carbocycles. The number of benzene rings is 1. The summed E-state index contributed by atoms with van der Waals surface area (Å²) in [6.45, 7) is 5.69. The highest BCUT2D eigenvalue weighted by atomic mass is 15.0. The first-order valence-corrected chi connectivity index (χ1v) is 6.25. The second-order valence-electron chi connectivity index (χ2n) is 4.74. The molecular formula is C15H18N+. The highest BCUT2D eigenvalue weighted by molar-refractivity contribution is 5.80. The third-order valence-corrected chi connectivity index (χ3v) is 3.74. The summed E-state index contributed by atoms with van der Waals surface area (Å²) < 4.78 is 2.55. The molecule has 0 N–H and O–H groups in total. The smallest absolute Gasteiger partial charge is 0.195 e. The molecule has 82 valence electrons. The van der Waals surface area contributed by atoms with E-state index < -0.39 is 0 Å². The van der Waals surface area contributed by atoms with Crippen molar-refractivity contribution >= 4 is 10.9 Å². The van der Waals surface area contributed by atoms with Crippen molar-refractivity contribution in [2.24, 2.45) is 0 Å². The highest BCUT2D eigenvalue weighted by Crippen LogP contribution is 2.23. The van der Waals surface area contributed by atoms with Gasteiger partial charge in [0.25, 0.3) is 0 Å². The van der Waals surface area contributed by atoms with Gasteiger partial charge in [-0.15, -0.1) is 0 Å². The summed E-state index contributed by atoms with van der Waals surface area (Å²) in [5.41, 5.74) is 5.96. The number of pyridine rings is 1. The van der Waals surface area contributed by atoms with Crippen molar-refractivity contribution in [1.29, 1.82) is 0 Å². The quantitative estimate of drug-likeness (QED) is 0.640. The Balaban J connectivity index is 2.46. The number of hydrogen-bond acceptors (Lipinski definition) is 0. The first kappa shape index (κ1) is 9.83. The molecule has 2 aromatic rings. The Morgan fingerprint density at radius 1 is 1.31 bits per heavy atom. The number of aryl methyl sites for hydroxylation is 3. The highest BCUT2D eigenvalue weighted by Gasteiger charge is 2.23. The van der Waals surface area contributed by atoms with Gasteiger partial charge in [-0.25, -0.2) is 0 Å². The number of nitrogens with zero attached hydrogens (tertiary/aromatic N) is 1. The molecule has 1 aliphatic rings. The minimum atomic E-state index is 1.14. The Morgan fingerprint density at radius 3 is 3.00 bits per heavy atom. The molecule has 0 aliphatic carbocycles. The topological polar surface area (TPSA) is 3.88 Å². The van der Waals surface area contributed by atoms with Gasteiger partial charge >= 0.3 is 0 Å². The van der Waals surface area contributed by atoms with Gasteiger partial charge in [0.1, 0.15) is 6.54 Å². The molecule has 1 aromatic heterocycles. The van der Waals surface area contributed by atoms with Crippen LogP contribution in [0.25, 0.3) is 10.9 Å². The summed E-state index contributed by atoms with van der Waals surface area (Å²) >= 11 is 0. The predicted molar refractivity (Wildman–Crippen MR) is 66.6 cm³/mol. The van der Waals surface area contributed by atoms with Crippen molar-refractivity contribution in [3.05, 3.63) is 41.1 Å². The largest absolute Gasteiger partial charge is 0.215 e. The van der Waals surface area contributed by atoms with E-state index in [9.17, 15) is 0 Å². The van der Waals surface area contributed by atoms with Gasteiger partial charge in [-0.05, 0) is 25.5 Å². The van der Waals surface area contributed by atoms with Crippen LogP contribution in [-0.2, 0) is 19.4 Å². The summed E-state index contributed by atoms with van der Waals surface area (Å²) in [5, 5.41) is 1.41. The molecule has 1 heteroatoms. The average molecular weight is 212 g/mol. The predicted octanol–water partition coefficient (Wildman–Crippen LogP) is 2.94. The van der Waals surface area contributed by atoms with E-state index in [4.69, 9.17) is 0 Å². The van der Waals surface area contributed by atoms with E-state index in [-0.39, 0.29) is 0 Å².